The number of hydrogen-bond acceptors (Lipinski definition) is 7. The summed E-state index contributed by atoms with van der Waals surface area (Å²) in [4.78, 5) is 13.0. The molecule has 7 nitrogen and oxygen atoms in total. The van der Waals surface area contributed by atoms with Crippen molar-refractivity contribution < 1.29 is 4.52 Å². The Bertz CT molecular complexity index is 973. The van der Waals surface area contributed by atoms with Crippen molar-refractivity contribution in [2.24, 2.45) is 0 Å². The lowest BCUT2D eigenvalue weighted by Crippen LogP contribution is -2.47. The highest BCUT2D eigenvalue weighted by molar-refractivity contribution is 6.30. The van der Waals surface area contributed by atoms with Crippen LogP contribution in [0.15, 0.2) is 47.2 Å². The molecule has 0 atom stereocenters. The molecule has 1 aliphatic heterocycles. The Labute approximate surface area is 168 Å². The molecule has 0 N–H and O–H groups in total. The summed E-state index contributed by atoms with van der Waals surface area (Å²) in [6.45, 7) is 4.58. The molecule has 8 heteroatoms. The maximum atomic E-state index is 8.81. The number of rotatable bonds is 5. The Morgan fingerprint density at radius 2 is 1.96 bits per heavy atom. The predicted molar refractivity (Wildman–Crippen MR) is 106 cm³/mol. The monoisotopic (exact) mass is 394 g/mol. The van der Waals surface area contributed by atoms with Crippen LogP contribution < -0.4 is 4.90 Å². The van der Waals surface area contributed by atoms with Gasteiger partial charge in [-0.2, -0.15) is 5.26 Å². The highest BCUT2D eigenvalue weighted by Gasteiger charge is 2.18. The summed E-state index contributed by atoms with van der Waals surface area (Å²) in [7, 11) is 0. The first kappa shape index (κ1) is 18.4. The van der Waals surface area contributed by atoms with Gasteiger partial charge in [-0.25, -0.2) is 9.97 Å². The topological polar surface area (TPSA) is 82.1 Å². The minimum absolute atomic E-state index is 0.340. The first-order valence-corrected chi connectivity index (χ1v) is 9.50. The van der Waals surface area contributed by atoms with Crippen LogP contribution in [0.25, 0.3) is 11.3 Å². The van der Waals surface area contributed by atoms with Crippen molar-refractivity contribution in [2.75, 3.05) is 37.6 Å². The zero-order chi connectivity index (χ0) is 19.3. The van der Waals surface area contributed by atoms with E-state index in [1.165, 1.54) is 6.20 Å². The molecule has 0 unspecified atom stereocenters. The van der Waals surface area contributed by atoms with Crippen LogP contribution in [0.3, 0.4) is 0 Å². The number of nitrogens with zero attached hydrogens (tertiary/aromatic N) is 6. The molecule has 0 radical (unpaired) electrons. The Balaban J connectivity index is 1.28. The van der Waals surface area contributed by atoms with Crippen LogP contribution in [-0.2, 0) is 6.42 Å². The van der Waals surface area contributed by atoms with Crippen LogP contribution in [-0.4, -0.2) is 52.7 Å². The van der Waals surface area contributed by atoms with E-state index < -0.39 is 0 Å². The molecule has 142 valence electrons. The van der Waals surface area contributed by atoms with E-state index in [0.29, 0.717) is 10.7 Å². The third-order valence-corrected chi connectivity index (χ3v) is 5.04. The van der Waals surface area contributed by atoms with Gasteiger partial charge in [0.15, 0.2) is 11.5 Å². The van der Waals surface area contributed by atoms with Gasteiger partial charge in [-0.05, 0) is 12.1 Å². The van der Waals surface area contributed by atoms with Crippen molar-refractivity contribution in [2.45, 2.75) is 6.42 Å². The first-order valence-electron chi connectivity index (χ1n) is 9.12. The van der Waals surface area contributed by atoms with Crippen molar-refractivity contribution in [3.63, 3.8) is 0 Å². The molecule has 2 aromatic heterocycles. The van der Waals surface area contributed by atoms with Crippen LogP contribution >= 0.6 is 11.6 Å². The molecule has 1 aliphatic rings. The largest absolute Gasteiger partial charge is 0.356 e. The Kier molecular flexibility index (Phi) is 5.51. The van der Waals surface area contributed by atoms with Crippen LogP contribution in [0.4, 0.5) is 5.82 Å². The first-order chi connectivity index (χ1) is 13.7. The standard InChI is InChI=1S/C20H19ClN6O/c21-16-3-1-2-15(10-16)19-11-17(25-28-19)4-5-26-6-8-27(9-7-26)20-14-23-18(12-22)13-24-20/h1-3,10-11,13-14H,4-9H2. The molecule has 28 heavy (non-hydrogen) atoms. The fourth-order valence-electron chi connectivity index (χ4n) is 3.22. The van der Waals surface area contributed by atoms with E-state index in [1.807, 2.05) is 36.4 Å². The minimum atomic E-state index is 0.340. The summed E-state index contributed by atoms with van der Waals surface area (Å²) >= 11 is 6.04. The molecule has 1 fully saturated rings. The Morgan fingerprint density at radius 1 is 1.11 bits per heavy atom. The van der Waals surface area contributed by atoms with Gasteiger partial charge in [-0.3, -0.25) is 4.90 Å². The van der Waals surface area contributed by atoms with Gasteiger partial charge in [-0.1, -0.05) is 28.9 Å². The van der Waals surface area contributed by atoms with Gasteiger partial charge in [0.2, 0.25) is 0 Å². The smallest absolute Gasteiger partial charge is 0.167 e. The van der Waals surface area contributed by atoms with E-state index in [0.717, 1.165) is 62.0 Å². The number of benzene rings is 1. The number of aromatic nitrogens is 3. The van der Waals surface area contributed by atoms with Gasteiger partial charge in [0.25, 0.3) is 0 Å². The van der Waals surface area contributed by atoms with Crippen LogP contribution in [0, 0.1) is 11.3 Å². The van der Waals surface area contributed by atoms with Crippen molar-refractivity contribution in [1.82, 2.24) is 20.0 Å². The maximum absolute atomic E-state index is 8.81. The number of hydrogen-bond donors (Lipinski definition) is 0. The molecule has 0 bridgehead atoms. The maximum Gasteiger partial charge on any atom is 0.167 e. The Hall–Kier alpha value is -2.95. The van der Waals surface area contributed by atoms with Gasteiger partial charge < -0.3 is 9.42 Å². The van der Waals surface area contributed by atoms with E-state index in [1.54, 1.807) is 6.20 Å². The molecule has 3 aromatic rings. The van der Waals surface area contributed by atoms with E-state index in [2.05, 4.69) is 24.9 Å². The SMILES string of the molecule is N#Cc1cnc(N2CCN(CCc3cc(-c4cccc(Cl)c4)on3)CC2)cn1. The van der Waals surface area contributed by atoms with Gasteiger partial charge in [-0.15, -0.1) is 0 Å². The minimum Gasteiger partial charge on any atom is -0.356 e. The zero-order valence-corrected chi connectivity index (χ0v) is 16.0. The fraction of sp³-hybridized carbons (Fsp3) is 0.300. The zero-order valence-electron chi connectivity index (χ0n) is 15.3. The molecule has 0 aliphatic carbocycles. The number of anilines is 1. The summed E-state index contributed by atoms with van der Waals surface area (Å²) < 4.78 is 5.47. The summed E-state index contributed by atoms with van der Waals surface area (Å²) in [5.41, 5.74) is 2.21. The van der Waals surface area contributed by atoms with Gasteiger partial charge in [0.1, 0.15) is 11.9 Å². The van der Waals surface area contributed by atoms with E-state index >= 15 is 0 Å². The molecular weight excluding hydrogens is 376 g/mol. The normalized spacial score (nSPS) is 14.8. The summed E-state index contributed by atoms with van der Waals surface area (Å²) in [6, 6.07) is 11.5. The molecular formula is C20H19ClN6O. The molecule has 1 aromatic carbocycles. The lowest BCUT2D eigenvalue weighted by atomic mass is 10.1. The number of halogens is 1. The molecule has 1 saturated heterocycles. The summed E-state index contributed by atoms with van der Waals surface area (Å²) in [5.74, 6) is 1.56. The lowest BCUT2D eigenvalue weighted by Gasteiger charge is -2.35. The van der Waals surface area contributed by atoms with E-state index in [4.69, 9.17) is 21.4 Å². The predicted octanol–water partition coefficient (Wildman–Crippen LogP) is 3.02. The third-order valence-electron chi connectivity index (χ3n) is 4.80. The second kappa shape index (κ2) is 8.38. The number of nitriles is 1. The fourth-order valence-corrected chi connectivity index (χ4v) is 3.41. The highest BCUT2D eigenvalue weighted by Crippen LogP contribution is 2.23. The van der Waals surface area contributed by atoms with Crippen molar-refractivity contribution in [3.8, 4) is 17.4 Å². The molecule has 4 rings (SSSR count). The molecule has 3 heterocycles. The van der Waals surface area contributed by atoms with Crippen LogP contribution in [0.5, 0.6) is 0 Å². The quantitative estimate of drug-likeness (QED) is 0.657. The van der Waals surface area contributed by atoms with Crippen LogP contribution in [0.2, 0.25) is 5.02 Å². The van der Waals surface area contributed by atoms with E-state index in [-0.39, 0.29) is 0 Å². The average Bonchev–Trinajstić information content (AvgIpc) is 3.22. The molecule has 0 spiro atoms. The summed E-state index contributed by atoms with van der Waals surface area (Å²) in [5, 5.41) is 13.7. The van der Waals surface area contributed by atoms with Gasteiger partial charge in [0, 0.05) is 55.8 Å². The van der Waals surface area contributed by atoms with Gasteiger partial charge >= 0.3 is 0 Å². The van der Waals surface area contributed by atoms with Crippen molar-refractivity contribution in [3.05, 3.63) is 59.1 Å². The second-order valence-electron chi connectivity index (χ2n) is 6.64. The summed E-state index contributed by atoms with van der Waals surface area (Å²) in [6.07, 6.45) is 4.02. The Morgan fingerprint density at radius 3 is 2.68 bits per heavy atom. The number of piperazine rings is 1. The third kappa shape index (κ3) is 4.30. The van der Waals surface area contributed by atoms with Crippen molar-refractivity contribution in [1.29, 1.82) is 5.26 Å². The molecule has 0 saturated carbocycles. The second-order valence-corrected chi connectivity index (χ2v) is 7.08. The van der Waals surface area contributed by atoms with E-state index in [9.17, 15) is 0 Å². The van der Waals surface area contributed by atoms with Crippen LogP contribution in [0.1, 0.15) is 11.4 Å². The van der Waals surface area contributed by atoms with Crippen molar-refractivity contribution >= 4 is 17.4 Å². The average molecular weight is 395 g/mol. The highest BCUT2D eigenvalue weighted by atomic mass is 35.5. The van der Waals surface area contributed by atoms with Gasteiger partial charge in [0.05, 0.1) is 18.1 Å². The molecule has 0 amide bonds. The lowest BCUT2D eigenvalue weighted by molar-refractivity contribution is 0.258.